The Hall–Kier alpha value is -3.19. The molecule has 1 aromatic carbocycles. The van der Waals surface area contributed by atoms with E-state index in [1.165, 1.54) is 11.3 Å². The molecule has 30 heavy (non-hydrogen) atoms. The molecule has 0 aliphatic carbocycles. The van der Waals surface area contributed by atoms with Crippen molar-refractivity contribution in [1.29, 1.82) is 0 Å². The molecule has 0 saturated heterocycles. The second kappa shape index (κ2) is 7.57. The van der Waals surface area contributed by atoms with Crippen molar-refractivity contribution in [3.8, 4) is 5.69 Å². The summed E-state index contributed by atoms with van der Waals surface area (Å²) in [4.78, 5) is 34.1. The highest BCUT2D eigenvalue weighted by Crippen LogP contribution is 2.27. The van der Waals surface area contributed by atoms with Crippen molar-refractivity contribution in [2.24, 2.45) is 0 Å². The molecule has 4 rings (SSSR count). The van der Waals surface area contributed by atoms with Gasteiger partial charge in [-0.05, 0) is 76.6 Å². The van der Waals surface area contributed by atoms with Gasteiger partial charge in [-0.15, -0.1) is 11.3 Å². The van der Waals surface area contributed by atoms with Gasteiger partial charge in [-0.2, -0.15) is 0 Å². The summed E-state index contributed by atoms with van der Waals surface area (Å²) >= 11 is 1.47. The van der Waals surface area contributed by atoms with Gasteiger partial charge in [0, 0.05) is 22.0 Å². The zero-order valence-electron chi connectivity index (χ0n) is 17.6. The van der Waals surface area contributed by atoms with E-state index in [4.69, 9.17) is 4.74 Å². The summed E-state index contributed by atoms with van der Waals surface area (Å²) in [5.74, 6) is -0.117. The predicted molar refractivity (Wildman–Crippen MR) is 119 cm³/mol. The zero-order valence-corrected chi connectivity index (χ0v) is 18.4. The van der Waals surface area contributed by atoms with Crippen LogP contribution in [0.4, 0.5) is 0 Å². The molecule has 0 aliphatic rings. The number of aryl methyl sites for hydroxylation is 4. The number of hydrogen-bond donors (Lipinski definition) is 1. The standard InChI is InChI=1S/C23H23N3O3S/c1-12-6-7-13(2)26(12)18-10-8-17(9-11-18)23(28)29-15(4)20-24-21(27)19-14(3)16(5)30-22(19)25-20/h6-11,15H,1-5H3,(H,24,25,27)/t15-/m1/s1. The highest BCUT2D eigenvalue weighted by atomic mass is 32.1. The molecule has 0 saturated carbocycles. The number of H-pyrrole nitrogens is 1. The predicted octanol–water partition coefficient (Wildman–Crippen LogP) is 4.93. The van der Waals surface area contributed by atoms with Crippen molar-refractivity contribution in [3.63, 3.8) is 0 Å². The van der Waals surface area contributed by atoms with E-state index in [1.54, 1.807) is 19.1 Å². The minimum atomic E-state index is -0.675. The van der Waals surface area contributed by atoms with E-state index < -0.39 is 12.1 Å². The first-order chi connectivity index (χ1) is 14.3. The largest absolute Gasteiger partial charge is 0.451 e. The van der Waals surface area contributed by atoms with Gasteiger partial charge >= 0.3 is 5.97 Å². The molecule has 0 aliphatic heterocycles. The minimum Gasteiger partial charge on any atom is -0.451 e. The van der Waals surface area contributed by atoms with Crippen LogP contribution in [0.1, 0.15) is 51.0 Å². The normalized spacial score (nSPS) is 12.3. The van der Waals surface area contributed by atoms with E-state index in [2.05, 4.69) is 26.7 Å². The Morgan fingerprint density at radius 2 is 1.70 bits per heavy atom. The number of thiophene rings is 1. The molecule has 6 nitrogen and oxygen atoms in total. The first kappa shape index (κ1) is 20.1. The lowest BCUT2D eigenvalue weighted by Gasteiger charge is -2.13. The number of rotatable bonds is 4. The fourth-order valence-electron chi connectivity index (χ4n) is 3.57. The van der Waals surface area contributed by atoms with Crippen molar-refractivity contribution in [1.82, 2.24) is 14.5 Å². The molecule has 0 bridgehead atoms. The second-order valence-corrected chi connectivity index (χ2v) is 8.66. The van der Waals surface area contributed by atoms with E-state index in [9.17, 15) is 9.59 Å². The van der Waals surface area contributed by atoms with Gasteiger partial charge in [0.1, 0.15) is 4.83 Å². The molecule has 0 unspecified atom stereocenters. The Labute approximate surface area is 178 Å². The third-order valence-corrected chi connectivity index (χ3v) is 6.46. The Morgan fingerprint density at radius 3 is 2.33 bits per heavy atom. The summed E-state index contributed by atoms with van der Waals surface area (Å²) in [6, 6.07) is 11.4. The topological polar surface area (TPSA) is 77.0 Å². The molecule has 3 aromatic heterocycles. The van der Waals surface area contributed by atoms with Gasteiger partial charge < -0.3 is 14.3 Å². The monoisotopic (exact) mass is 421 g/mol. The Bertz CT molecular complexity index is 1290. The van der Waals surface area contributed by atoms with Crippen LogP contribution in [0.5, 0.6) is 0 Å². The van der Waals surface area contributed by atoms with Gasteiger partial charge in [-0.3, -0.25) is 4.79 Å². The van der Waals surface area contributed by atoms with Gasteiger partial charge in [-0.1, -0.05) is 0 Å². The summed E-state index contributed by atoms with van der Waals surface area (Å²) in [5.41, 5.74) is 4.41. The Balaban J connectivity index is 1.55. The van der Waals surface area contributed by atoms with Crippen molar-refractivity contribution >= 4 is 27.5 Å². The first-order valence-corrected chi connectivity index (χ1v) is 10.5. The average Bonchev–Trinajstić information content (AvgIpc) is 3.20. The number of ether oxygens (including phenoxy) is 1. The SMILES string of the molecule is Cc1sc2nc([C@@H](C)OC(=O)c3ccc(-n4c(C)ccc4C)cc3)[nH]c(=O)c2c1C. The van der Waals surface area contributed by atoms with Crippen LogP contribution in [-0.4, -0.2) is 20.5 Å². The Morgan fingerprint density at radius 1 is 1.07 bits per heavy atom. The molecule has 0 fully saturated rings. The summed E-state index contributed by atoms with van der Waals surface area (Å²) in [5, 5.41) is 0.603. The van der Waals surface area contributed by atoms with Gasteiger partial charge in [0.05, 0.1) is 10.9 Å². The van der Waals surface area contributed by atoms with Crippen LogP contribution >= 0.6 is 11.3 Å². The highest BCUT2D eigenvalue weighted by molar-refractivity contribution is 7.18. The first-order valence-electron chi connectivity index (χ1n) is 9.72. The maximum atomic E-state index is 12.6. The van der Waals surface area contributed by atoms with Gasteiger partial charge in [0.25, 0.3) is 5.56 Å². The molecule has 0 radical (unpaired) electrons. The number of benzene rings is 1. The molecule has 1 N–H and O–H groups in total. The Kier molecular flexibility index (Phi) is 5.07. The van der Waals surface area contributed by atoms with Crippen molar-refractivity contribution < 1.29 is 9.53 Å². The second-order valence-electron chi connectivity index (χ2n) is 7.46. The molecule has 7 heteroatoms. The zero-order chi connectivity index (χ0) is 21.6. The molecular weight excluding hydrogens is 398 g/mol. The summed E-state index contributed by atoms with van der Waals surface area (Å²) < 4.78 is 7.69. The molecular formula is C23H23N3O3S. The maximum Gasteiger partial charge on any atom is 0.338 e. The van der Waals surface area contributed by atoms with Crippen LogP contribution in [-0.2, 0) is 4.74 Å². The molecule has 0 spiro atoms. The van der Waals surface area contributed by atoms with E-state index in [0.29, 0.717) is 21.6 Å². The quantitative estimate of drug-likeness (QED) is 0.474. The lowest BCUT2D eigenvalue weighted by atomic mass is 10.2. The van der Waals surface area contributed by atoms with Crippen molar-refractivity contribution in [2.75, 3.05) is 0 Å². The minimum absolute atomic E-state index is 0.207. The number of nitrogens with zero attached hydrogens (tertiary/aromatic N) is 2. The van der Waals surface area contributed by atoms with Gasteiger partial charge in [-0.25, -0.2) is 9.78 Å². The van der Waals surface area contributed by atoms with Crippen LogP contribution in [0, 0.1) is 27.7 Å². The van der Waals surface area contributed by atoms with Crippen molar-refractivity contribution in [3.05, 3.63) is 80.0 Å². The van der Waals surface area contributed by atoms with Crippen molar-refractivity contribution in [2.45, 2.75) is 40.7 Å². The highest BCUT2D eigenvalue weighted by Gasteiger charge is 2.19. The number of carbonyl (C=O) groups is 1. The number of carbonyl (C=O) groups excluding carboxylic acids is 1. The number of aromatic nitrogens is 3. The molecule has 3 heterocycles. The number of hydrogen-bond acceptors (Lipinski definition) is 5. The third kappa shape index (κ3) is 3.45. The summed E-state index contributed by atoms with van der Waals surface area (Å²) in [6.07, 6.45) is -0.675. The van der Waals surface area contributed by atoms with Gasteiger partial charge in [0.2, 0.25) is 0 Å². The van der Waals surface area contributed by atoms with Gasteiger partial charge in [0.15, 0.2) is 11.9 Å². The fourth-order valence-corrected chi connectivity index (χ4v) is 4.61. The fraction of sp³-hybridized carbons (Fsp3) is 0.261. The number of aromatic amines is 1. The number of nitrogens with one attached hydrogen (secondary N) is 1. The van der Waals surface area contributed by atoms with Crippen LogP contribution in [0.2, 0.25) is 0 Å². The van der Waals surface area contributed by atoms with Crippen LogP contribution in [0.25, 0.3) is 15.9 Å². The summed E-state index contributed by atoms with van der Waals surface area (Å²) in [6.45, 7) is 9.66. The van der Waals surface area contributed by atoms with E-state index in [-0.39, 0.29) is 5.56 Å². The number of fused-ring (bicyclic) bond motifs is 1. The van der Waals surface area contributed by atoms with E-state index in [1.807, 2.05) is 39.8 Å². The third-order valence-electron chi connectivity index (χ3n) is 5.36. The van der Waals surface area contributed by atoms with Crippen LogP contribution < -0.4 is 5.56 Å². The lowest BCUT2D eigenvalue weighted by Crippen LogP contribution is -2.17. The number of esters is 1. The molecule has 0 amide bonds. The van der Waals surface area contributed by atoms with E-state index in [0.717, 1.165) is 27.5 Å². The molecule has 1 atom stereocenters. The molecule has 4 aromatic rings. The smallest absolute Gasteiger partial charge is 0.338 e. The van der Waals surface area contributed by atoms with Crippen LogP contribution in [0.3, 0.4) is 0 Å². The van der Waals surface area contributed by atoms with Crippen LogP contribution in [0.15, 0.2) is 41.2 Å². The molecule has 154 valence electrons. The summed E-state index contributed by atoms with van der Waals surface area (Å²) in [7, 11) is 0. The average molecular weight is 422 g/mol. The van der Waals surface area contributed by atoms with E-state index >= 15 is 0 Å². The lowest BCUT2D eigenvalue weighted by molar-refractivity contribution is 0.0320. The maximum absolute atomic E-state index is 12.6.